The molecular formula is C9H18N2O2. The van der Waals surface area contributed by atoms with Crippen LogP contribution in [0.15, 0.2) is 0 Å². The van der Waals surface area contributed by atoms with E-state index in [4.69, 9.17) is 4.74 Å². The van der Waals surface area contributed by atoms with E-state index in [0.29, 0.717) is 5.92 Å². The van der Waals surface area contributed by atoms with Gasteiger partial charge in [-0.2, -0.15) is 0 Å². The molecule has 4 nitrogen and oxygen atoms in total. The van der Waals surface area contributed by atoms with Crippen molar-refractivity contribution in [2.24, 2.45) is 5.92 Å². The molecule has 4 heteroatoms. The van der Waals surface area contributed by atoms with Gasteiger partial charge in [0.1, 0.15) is 0 Å². The third-order valence-corrected chi connectivity index (χ3v) is 2.26. The Bertz CT molecular complexity index is 165. The van der Waals surface area contributed by atoms with Crippen LogP contribution in [0.3, 0.4) is 0 Å². The maximum absolute atomic E-state index is 11.1. The Morgan fingerprint density at radius 1 is 1.62 bits per heavy atom. The standard InChI is InChI=1S/C9H18N2O2/c1-11(2)9(12)10-5-3-8-4-6-13-7-8/h8H,3-7H2,1-2H3,(H,10,12). The van der Waals surface area contributed by atoms with Crippen LogP contribution in [-0.4, -0.2) is 44.8 Å². The molecule has 1 heterocycles. The summed E-state index contributed by atoms with van der Waals surface area (Å²) in [4.78, 5) is 12.6. The molecule has 1 rings (SSSR count). The van der Waals surface area contributed by atoms with Crippen LogP contribution in [-0.2, 0) is 4.74 Å². The highest BCUT2D eigenvalue weighted by Gasteiger charge is 2.15. The zero-order valence-electron chi connectivity index (χ0n) is 8.38. The van der Waals surface area contributed by atoms with E-state index in [9.17, 15) is 4.79 Å². The van der Waals surface area contributed by atoms with Crippen LogP contribution >= 0.6 is 0 Å². The molecule has 76 valence electrons. The number of amides is 2. The summed E-state index contributed by atoms with van der Waals surface area (Å²) in [7, 11) is 3.49. The van der Waals surface area contributed by atoms with E-state index in [1.165, 1.54) is 0 Å². The molecule has 1 atom stereocenters. The largest absolute Gasteiger partial charge is 0.381 e. The number of carbonyl (C=O) groups is 1. The molecule has 1 N–H and O–H groups in total. The second-order valence-corrected chi connectivity index (χ2v) is 3.64. The minimum absolute atomic E-state index is 0.0149. The van der Waals surface area contributed by atoms with Crippen molar-refractivity contribution in [1.82, 2.24) is 10.2 Å². The van der Waals surface area contributed by atoms with Gasteiger partial charge >= 0.3 is 6.03 Å². The first-order valence-corrected chi connectivity index (χ1v) is 4.73. The molecule has 0 aliphatic carbocycles. The van der Waals surface area contributed by atoms with Crippen LogP contribution in [0, 0.1) is 5.92 Å². The first kappa shape index (κ1) is 10.3. The molecule has 0 saturated carbocycles. The van der Waals surface area contributed by atoms with Gasteiger partial charge in [-0.3, -0.25) is 0 Å². The molecule has 0 aromatic carbocycles. The summed E-state index contributed by atoms with van der Waals surface area (Å²) >= 11 is 0. The van der Waals surface area contributed by atoms with Crippen molar-refractivity contribution in [2.45, 2.75) is 12.8 Å². The second-order valence-electron chi connectivity index (χ2n) is 3.64. The Labute approximate surface area is 79.2 Å². The number of hydrogen-bond donors (Lipinski definition) is 1. The van der Waals surface area contributed by atoms with Gasteiger partial charge in [0, 0.05) is 33.9 Å². The molecule has 1 aliphatic rings. The van der Waals surface area contributed by atoms with Crippen LogP contribution in [0.5, 0.6) is 0 Å². The molecule has 2 amide bonds. The van der Waals surface area contributed by atoms with Crippen LogP contribution in [0.4, 0.5) is 4.79 Å². The quantitative estimate of drug-likeness (QED) is 0.704. The summed E-state index contributed by atoms with van der Waals surface area (Å²) < 4.78 is 5.24. The summed E-state index contributed by atoms with van der Waals surface area (Å²) in [5.41, 5.74) is 0. The normalized spacial score (nSPS) is 21.5. The Kier molecular flexibility index (Phi) is 4.02. The molecule has 1 unspecified atom stereocenters. The molecule has 1 fully saturated rings. The fourth-order valence-electron chi connectivity index (χ4n) is 1.35. The van der Waals surface area contributed by atoms with Crippen molar-refractivity contribution in [3.05, 3.63) is 0 Å². The minimum Gasteiger partial charge on any atom is -0.381 e. The van der Waals surface area contributed by atoms with Gasteiger partial charge in [0.2, 0.25) is 0 Å². The van der Waals surface area contributed by atoms with Crippen LogP contribution in [0.1, 0.15) is 12.8 Å². The first-order chi connectivity index (χ1) is 6.20. The van der Waals surface area contributed by atoms with Gasteiger partial charge in [0.05, 0.1) is 0 Å². The van der Waals surface area contributed by atoms with E-state index >= 15 is 0 Å². The average molecular weight is 186 g/mol. The molecular weight excluding hydrogens is 168 g/mol. The summed E-state index contributed by atoms with van der Waals surface area (Å²) in [6.07, 6.45) is 2.16. The Balaban J connectivity index is 2.03. The van der Waals surface area contributed by atoms with Gasteiger partial charge in [-0.15, -0.1) is 0 Å². The number of urea groups is 1. The average Bonchev–Trinajstić information content (AvgIpc) is 2.56. The van der Waals surface area contributed by atoms with Gasteiger partial charge in [-0.25, -0.2) is 4.79 Å². The van der Waals surface area contributed by atoms with E-state index < -0.39 is 0 Å². The highest BCUT2D eigenvalue weighted by Crippen LogP contribution is 2.14. The Morgan fingerprint density at radius 3 is 2.92 bits per heavy atom. The van der Waals surface area contributed by atoms with Gasteiger partial charge in [-0.05, 0) is 18.8 Å². The van der Waals surface area contributed by atoms with Crippen molar-refractivity contribution < 1.29 is 9.53 Å². The van der Waals surface area contributed by atoms with E-state index in [1.807, 2.05) is 0 Å². The molecule has 0 aromatic heterocycles. The second kappa shape index (κ2) is 5.07. The van der Waals surface area contributed by atoms with Gasteiger partial charge in [0.25, 0.3) is 0 Å². The monoisotopic (exact) mass is 186 g/mol. The van der Waals surface area contributed by atoms with E-state index in [-0.39, 0.29) is 6.03 Å². The van der Waals surface area contributed by atoms with Crippen LogP contribution in [0.25, 0.3) is 0 Å². The maximum atomic E-state index is 11.1. The highest BCUT2D eigenvalue weighted by atomic mass is 16.5. The highest BCUT2D eigenvalue weighted by molar-refractivity contribution is 5.73. The van der Waals surface area contributed by atoms with Crippen molar-refractivity contribution in [2.75, 3.05) is 33.9 Å². The van der Waals surface area contributed by atoms with Crippen LogP contribution in [0.2, 0.25) is 0 Å². The third-order valence-electron chi connectivity index (χ3n) is 2.26. The number of nitrogens with zero attached hydrogens (tertiary/aromatic N) is 1. The minimum atomic E-state index is -0.0149. The summed E-state index contributed by atoms with van der Waals surface area (Å²) in [5.74, 6) is 0.641. The predicted octanol–water partition coefficient (Wildman–Crippen LogP) is 0.684. The number of ether oxygens (including phenoxy) is 1. The molecule has 1 aliphatic heterocycles. The topological polar surface area (TPSA) is 41.6 Å². The summed E-state index contributed by atoms with van der Waals surface area (Å²) in [6.45, 7) is 2.50. The number of hydrogen-bond acceptors (Lipinski definition) is 2. The van der Waals surface area contributed by atoms with E-state index in [1.54, 1.807) is 19.0 Å². The zero-order chi connectivity index (χ0) is 9.68. The number of rotatable bonds is 3. The molecule has 0 bridgehead atoms. The summed E-state index contributed by atoms with van der Waals surface area (Å²) in [5, 5.41) is 2.84. The number of nitrogens with one attached hydrogen (secondary N) is 1. The lowest BCUT2D eigenvalue weighted by Crippen LogP contribution is -2.35. The van der Waals surface area contributed by atoms with Gasteiger partial charge in [-0.1, -0.05) is 0 Å². The molecule has 0 radical (unpaired) electrons. The SMILES string of the molecule is CN(C)C(=O)NCCC1CCOC1. The van der Waals surface area contributed by atoms with Crippen molar-refractivity contribution in [3.63, 3.8) is 0 Å². The lowest BCUT2D eigenvalue weighted by atomic mass is 10.1. The lowest BCUT2D eigenvalue weighted by molar-refractivity contribution is 0.183. The van der Waals surface area contributed by atoms with Crippen molar-refractivity contribution in [1.29, 1.82) is 0 Å². The maximum Gasteiger partial charge on any atom is 0.316 e. The summed E-state index contributed by atoms with van der Waals surface area (Å²) in [6, 6.07) is -0.0149. The molecule has 13 heavy (non-hydrogen) atoms. The third kappa shape index (κ3) is 3.63. The molecule has 1 saturated heterocycles. The Hall–Kier alpha value is -0.770. The van der Waals surface area contributed by atoms with Crippen molar-refractivity contribution >= 4 is 6.03 Å². The lowest BCUT2D eigenvalue weighted by Gasteiger charge is -2.13. The van der Waals surface area contributed by atoms with Gasteiger partial charge < -0.3 is 15.0 Å². The van der Waals surface area contributed by atoms with Crippen LogP contribution < -0.4 is 5.32 Å². The molecule has 0 spiro atoms. The zero-order valence-corrected chi connectivity index (χ0v) is 8.38. The first-order valence-electron chi connectivity index (χ1n) is 4.73. The molecule has 0 aromatic rings. The van der Waals surface area contributed by atoms with Crippen molar-refractivity contribution in [3.8, 4) is 0 Å². The fourth-order valence-corrected chi connectivity index (χ4v) is 1.35. The fraction of sp³-hybridized carbons (Fsp3) is 0.889. The predicted molar refractivity (Wildman–Crippen MR) is 50.6 cm³/mol. The van der Waals surface area contributed by atoms with E-state index in [2.05, 4.69) is 5.32 Å². The van der Waals surface area contributed by atoms with E-state index in [0.717, 1.165) is 32.6 Å². The number of carbonyl (C=O) groups excluding carboxylic acids is 1. The van der Waals surface area contributed by atoms with Gasteiger partial charge in [0.15, 0.2) is 0 Å². The smallest absolute Gasteiger partial charge is 0.316 e. The Morgan fingerprint density at radius 2 is 2.38 bits per heavy atom.